The van der Waals surface area contributed by atoms with Crippen LogP contribution in [-0.2, 0) is 6.42 Å². The smallest absolute Gasteiger partial charge is 0.253 e. The Bertz CT molecular complexity index is 719. The summed E-state index contributed by atoms with van der Waals surface area (Å²) in [5.41, 5.74) is 1.67. The monoisotopic (exact) mass is 357 g/mol. The lowest BCUT2D eigenvalue weighted by Gasteiger charge is -2.42. The van der Waals surface area contributed by atoms with Crippen LogP contribution in [0.4, 0.5) is 0 Å². The molecule has 0 spiro atoms. The summed E-state index contributed by atoms with van der Waals surface area (Å²) < 4.78 is 0. The first-order valence-electron chi connectivity index (χ1n) is 8.82. The van der Waals surface area contributed by atoms with Gasteiger partial charge in [0.1, 0.15) is 0 Å². The highest BCUT2D eigenvalue weighted by Gasteiger charge is 2.36. The summed E-state index contributed by atoms with van der Waals surface area (Å²) in [6, 6.07) is 17.4. The van der Waals surface area contributed by atoms with E-state index in [0.717, 1.165) is 32.2 Å². The molecule has 1 fully saturated rings. The topological polar surface area (TPSA) is 40.5 Å². The standard InChI is InChI=1S/C21H24ClNO2/c22-19-9-4-8-18(14-19)20(25)23-13-5-11-21(15-23,16-24)12-10-17-6-2-1-3-7-17/h1-4,6-9,14,24H,5,10-13,15-16H2/t21-/m1/s1. The molecule has 1 aliphatic heterocycles. The molecule has 2 aromatic rings. The van der Waals surface area contributed by atoms with E-state index in [4.69, 9.17) is 11.6 Å². The minimum absolute atomic E-state index is 0.000244. The maximum Gasteiger partial charge on any atom is 0.253 e. The van der Waals surface area contributed by atoms with Crippen molar-refractivity contribution in [3.8, 4) is 0 Å². The van der Waals surface area contributed by atoms with E-state index >= 15 is 0 Å². The van der Waals surface area contributed by atoms with E-state index < -0.39 is 0 Å². The third-order valence-electron chi connectivity index (χ3n) is 5.14. The number of benzene rings is 2. The van der Waals surface area contributed by atoms with Gasteiger partial charge in [-0.2, -0.15) is 0 Å². The highest BCUT2D eigenvalue weighted by atomic mass is 35.5. The molecule has 1 heterocycles. The zero-order valence-electron chi connectivity index (χ0n) is 14.3. The molecule has 0 unspecified atom stereocenters. The van der Waals surface area contributed by atoms with E-state index in [2.05, 4.69) is 12.1 Å². The molecular weight excluding hydrogens is 334 g/mol. The van der Waals surface area contributed by atoms with Crippen molar-refractivity contribution in [1.82, 2.24) is 4.90 Å². The highest BCUT2D eigenvalue weighted by molar-refractivity contribution is 6.30. The molecule has 1 saturated heterocycles. The number of amides is 1. The van der Waals surface area contributed by atoms with Crippen molar-refractivity contribution in [3.63, 3.8) is 0 Å². The number of hydrogen-bond donors (Lipinski definition) is 1. The van der Waals surface area contributed by atoms with Gasteiger partial charge >= 0.3 is 0 Å². The molecule has 0 bridgehead atoms. The maximum atomic E-state index is 12.8. The zero-order chi connectivity index (χ0) is 17.7. The van der Waals surface area contributed by atoms with Crippen molar-refractivity contribution in [2.45, 2.75) is 25.7 Å². The van der Waals surface area contributed by atoms with Crippen LogP contribution in [-0.4, -0.2) is 35.6 Å². The van der Waals surface area contributed by atoms with Crippen LogP contribution >= 0.6 is 11.6 Å². The van der Waals surface area contributed by atoms with Crippen LogP contribution < -0.4 is 0 Å². The predicted octanol–water partition coefficient (Wildman–Crippen LogP) is 4.19. The zero-order valence-corrected chi connectivity index (χ0v) is 15.1. The fourth-order valence-corrected chi connectivity index (χ4v) is 3.84. The molecule has 0 radical (unpaired) electrons. The number of carbonyl (C=O) groups is 1. The average molecular weight is 358 g/mol. The number of likely N-dealkylation sites (tertiary alicyclic amines) is 1. The quantitative estimate of drug-likeness (QED) is 0.871. The summed E-state index contributed by atoms with van der Waals surface area (Å²) >= 11 is 6.02. The SMILES string of the molecule is O=C(c1cccc(Cl)c1)N1CCC[C@@](CO)(CCc2ccccc2)C1. The predicted molar refractivity (Wildman–Crippen MR) is 101 cm³/mol. The van der Waals surface area contributed by atoms with Gasteiger partial charge in [-0.05, 0) is 49.4 Å². The van der Waals surface area contributed by atoms with Gasteiger partial charge in [0.25, 0.3) is 5.91 Å². The second-order valence-electron chi connectivity index (χ2n) is 6.98. The summed E-state index contributed by atoms with van der Waals surface area (Å²) in [6.45, 7) is 1.44. The largest absolute Gasteiger partial charge is 0.396 e. The number of piperidine rings is 1. The molecule has 0 aliphatic carbocycles. The Hall–Kier alpha value is -1.84. The van der Waals surface area contributed by atoms with Crippen molar-refractivity contribution < 1.29 is 9.90 Å². The third-order valence-corrected chi connectivity index (χ3v) is 5.38. The van der Waals surface area contributed by atoms with E-state index in [9.17, 15) is 9.90 Å². The highest BCUT2D eigenvalue weighted by Crippen LogP contribution is 2.35. The number of aryl methyl sites for hydroxylation is 1. The van der Waals surface area contributed by atoms with Crippen molar-refractivity contribution >= 4 is 17.5 Å². The van der Waals surface area contributed by atoms with E-state index in [1.165, 1.54) is 5.56 Å². The van der Waals surface area contributed by atoms with Gasteiger partial charge < -0.3 is 10.0 Å². The van der Waals surface area contributed by atoms with Gasteiger partial charge in [-0.3, -0.25) is 4.79 Å². The molecule has 0 aromatic heterocycles. The van der Waals surface area contributed by atoms with Crippen LogP contribution in [0.2, 0.25) is 5.02 Å². The summed E-state index contributed by atoms with van der Waals surface area (Å²) in [6.07, 6.45) is 3.67. The number of hydrogen-bond acceptors (Lipinski definition) is 2. The Morgan fingerprint density at radius 2 is 1.96 bits per heavy atom. The first kappa shape index (κ1) is 18.0. The minimum atomic E-state index is -0.220. The summed E-state index contributed by atoms with van der Waals surface area (Å²) in [7, 11) is 0. The number of nitrogens with zero attached hydrogens (tertiary/aromatic N) is 1. The number of halogens is 1. The second kappa shape index (κ2) is 8.03. The van der Waals surface area contributed by atoms with Crippen molar-refractivity contribution in [3.05, 3.63) is 70.7 Å². The molecule has 25 heavy (non-hydrogen) atoms. The molecule has 3 rings (SSSR count). The number of rotatable bonds is 5. The van der Waals surface area contributed by atoms with Crippen LogP contribution in [0.15, 0.2) is 54.6 Å². The first-order valence-corrected chi connectivity index (χ1v) is 9.19. The van der Waals surface area contributed by atoms with E-state index in [-0.39, 0.29) is 17.9 Å². The van der Waals surface area contributed by atoms with Crippen LogP contribution in [0.25, 0.3) is 0 Å². The van der Waals surface area contributed by atoms with Gasteiger partial charge in [0.05, 0.1) is 6.61 Å². The van der Waals surface area contributed by atoms with E-state index in [0.29, 0.717) is 17.1 Å². The van der Waals surface area contributed by atoms with Gasteiger partial charge in [-0.1, -0.05) is 48.0 Å². The Kier molecular flexibility index (Phi) is 5.77. The Balaban J connectivity index is 1.70. The molecule has 1 N–H and O–H groups in total. The normalized spacial score (nSPS) is 20.5. The summed E-state index contributed by atoms with van der Waals surface area (Å²) in [4.78, 5) is 14.7. The molecule has 3 nitrogen and oxygen atoms in total. The summed E-state index contributed by atoms with van der Waals surface area (Å²) in [5, 5.41) is 10.6. The molecule has 1 aliphatic rings. The van der Waals surface area contributed by atoms with Gasteiger partial charge in [0.15, 0.2) is 0 Å². The van der Waals surface area contributed by atoms with Crippen LogP contribution in [0.1, 0.15) is 35.2 Å². The van der Waals surface area contributed by atoms with Crippen LogP contribution in [0.5, 0.6) is 0 Å². The fraction of sp³-hybridized carbons (Fsp3) is 0.381. The molecule has 0 saturated carbocycles. The average Bonchev–Trinajstić information content (AvgIpc) is 2.67. The first-order chi connectivity index (χ1) is 12.1. The van der Waals surface area contributed by atoms with Crippen LogP contribution in [0, 0.1) is 5.41 Å². The van der Waals surface area contributed by atoms with Crippen molar-refractivity contribution in [2.75, 3.05) is 19.7 Å². The molecule has 4 heteroatoms. The lowest BCUT2D eigenvalue weighted by molar-refractivity contribution is 0.0228. The van der Waals surface area contributed by atoms with Gasteiger partial charge in [0.2, 0.25) is 0 Å². The molecule has 1 atom stereocenters. The van der Waals surface area contributed by atoms with E-state index in [1.54, 1.807) is 24.3 Å². The molecule has 132 valence electrons. The lowest BCUT2D eigenvalue weighted by Crippen LogP contribution is -2.48. The summed E-state index contributed by atoms with van der Waals surface area (Å²) in [5.74, 6) is -0.000244. The molecule has 1 amide bonds. The molecular formula is C21H24ClNO2. The number of aliphatic hydroxyl groups is 1. The Labute approximate surface area is 154 Å². The minimum Gasteiger partial charge on any atom is -0.396 e. The fourth-order valence-electron chi connectivity index (χ4n) is 3.65. The number of aliphatic hydroxyl groups excluding tert-OH is 1. The van der Waals surface area contributed by atoms with Gasteiger partial charge in [0, 0.05) is 29.1 Å². The third kappa shape index (κ3) is 4.42. The van der Waals surface area contributed by atoms with Crippen molar-refractivity contribution in [1.29, 1.82) is 0 Å². The second-order valence-corrected chi connectivity index (χ2v) is 7.42. The Morgan fingerprint density at radius 3 is 2.68 bits per heavy atom. The van der Waals surface area contributed by atoms with Gasteiger partial charge in [-0.15, -0.1) is 0 Å². The lowest BCUT2D eigenvalue weighted by atomic mass is 9.76. The molecule has 2 aromatic carbocycles. The van der Waals surface area contributed by atoms with Crippen LogP contribution in [0.3, 0.4) is 0 Å². The maximum absolute atomic E-state index is 12.8. The number of carbonyl (C=O) groups excluding carboxylic acids is 1. The Morgan fingerprint density at radius 1 is 1.16 bits per heavy atom. The van der Waals surface area contributed by atoms with Crippen molar-refractivity contribution in [2.24, 2.45) is 5.41 Å². The van der Waals surface area contributed by atoms with Gasteiger partial charge in [-0.25, -0.2) is 0 Å². The van der Waals surface area contributed by atoms with E-state index in [1.807, 2.05) is 23.1 Å².